The Kier molecular flexibility index (Phi) is 4.01. The second kappa shape index (κ2) is 5.07. The van der Waals surface area contributed by atoms with E-state index < -0.39 is 17.2 Å². The number of rotatable bonds is 5. The van der Waals surface area contributed by atoms with Crippen LogP contribution in [-0.2, 0) is 10.2 Å². The molecule has 3 N–H and O–H groups in total. The van der Waals surface area contributed by atoms with Crippen LogP contribution in [-0.4, -0.2) is 17.6 Å². The van der Waals surface area contributed by atoms with Gasteiger partial charge in [0.15, 0.2) is 0 Å². The predicted octanol–water partition coefficient (Wildman–Crippen LogP) is 1.91. The largest absolute Gasteiger partial charge is 0.481 e. The van der Waals surface area contributed by atoms with E-state index in [-0.39, 0.29) is 0 Å². The number of carboxylic acids is 1. The van der Waals surface area contributed by atoms with Crippen LogP contribution in [0.2, 0.25) is 0 Å². The van der Waals surface area contributed by atoms with Crippen LogP contribution in [0.1, 0.15) is 25.3 Å². The summed E-state index contributed by atoms with van der Waals surface area (Å²) < 4.78 is 13.1. The van der Waals surface area contributed by atoms with Gasteiger partial charge in [-0.25, -0.2) is 4.39 Å². The van der Waals surface area contributed by atoms with Gasteiger partial charge in [0.2, 0.25) is 0 Å². The summed E-state index contributed by atoms with van der Waals surface area (Å²) >= 11 is 0. The summed E-state index contributed by atoms with van der Waals surface area (Å²) in [4.78, 5) is 11.3. The van der Waals surface area contributed by atoms with Crippen molar-refractivity contribution in [3.63, 3.8) is 0 Å². The molecular formula is C12H16FNO2. The maximum Gasteiger partial charge on any atom is 0.313 e. The number of carboxylic acid groups (broad SMARTS) is 1. The van der Waals surface area contributed by atoms with Gasteiger partial charge in [-0.15, -0.1) is 0 Å². The zero-order valence-electron chi connectivity index (χ0n) is 9.24. The number of nitrogens with two attached hydrogens (primary N) is 1. The van der Waals surface area contributed by atoms with Crippen molar-refractivity contribution in [3.8, 4) is 0 Å². The summed E-state index contributed by atoms with van der Waals surface area (Å²) in [5.74, 6) is -1.37. The molecule has 0 aliphatic rings. The van der Waals surface area contributed by atoms with Crippen LogP contribution < -0.4 is 5.73 Å². The van der Waals surface area contributed by atoms with E-state index in [0.717, 1.165) is 0 Å². The number of hydrogen-bond donors (Lipinski definition) is 2. The average molecular weight is 225 g/mol. The van der Waals surface area contributed by atoms with Crippen LogP contribution in [0.4, 0.5) is 4.39 Å². The SMILES string of the molecule is CC(CCCN)(C(=O)O)c1cccc(F)c1. The highest BCUT2D eigenvalue weighted by Crippen LogP contribution is 2.29. The second-order valence-electron chi connectivity index (χ2n) is 4.04. The number of benzene rings is 1. The first-order chi connectivity index (χ1) is 7.50. The highest BCUT2D eigenvalue weighted by molar-refractivity contribution is 5.80. The summed E-state index contributed by atoms with van der Waals surface area (Å²) in [6, 6.07) is 5.72. The lowest BCUT2D eigenvalue weighted by molar-refractivity contribution is -0.143. The van der Waals surface area contributed by atoms with E-state index >= 15 is 0 Å². The first-order valence-electron chi connectivity index (χ1n) is 5.20. The molecule has 1 atom stereocenters. The molecule has 0 fully saturated rings. The fraction of sp³-hybridized carbons (Fsp3) is 0.417. The van der Waals surface area contributed by atoms with Crippen molar-refractivity contribution >= 4 is 5.97 Å². The van der Waals surface area contributed by atoms with Gasteiger partial charge in [-0.05, 0) is 44.0 Å². The molecule has 0 aliphatic carbocycles. The Morgan fingerprint density at radius 3 is 2.75 bits per heavy atom. The number of carbonyl (C=O) groups is 1. The molecule has 3 nitrogen and oxygen atoms in total. The first kappa shape index (κ1) is 12.6. The van der Waals surface area contributed by atoms with E-state index in [1.165, 1.54) is 18.2 Å². The molecule has 0 spiro atoms. The molecule has 0 radical (unpaired) electrons. The van der Waals surface area contributed by atoms with Crippen molar-refractivity contribution in [2.45, 2.75) is 25.2 Å². The van der Waals surface area contributed by atoms with Gasteiger partial charge in [0.05, 0.1) is 5.41 Å². The lowest BCUT2D eigenvalue weighted by Gasteiger charge is -2.25. The van der Waals surface area contributed by atoms with Gasteiger partial charge in [-0.1, -0.05) is 12.1 Å². The molecule has 4 heteroatoms. The molecule has 0 bridgehead atoms. The summed E-state index contributed by atoms with van der Waals surface area (Å²) in [5.41, 5.74) is 4.79. The van der Waals surface area contributed by atoms with Crippen molar-refractivity contribution in [1.82, 2.24) is 0 Å². The van der Waals surface area contributed by atoms with Gasteiger partial charge in [0.1, 0.15) is 5.82 Å². The smallest absolute Gasteiger partial charge is 0.313 e. The third-order valence-corrected chi connectivity index (χ3v) is 2.81. The Morgan fingerprint density at radius 2 is 2.25 bits per heavy atom. The molecule has 1 aromatic rings. The minimum absolute atomic E-state index is 0.405. The first-order valence-corrected chi connectivity index (χ1v) is 5.20. The predicted molar refractivity (Wildman–Crippen MR) is 59.7 cm³/mol. The molecule has 16 heavy (non-hydrogen) atoms. The lowest BCUT2D eigenvalue weighted by atomic mass is 9.78. The van der Waals surface area contributed by atoms with Crippen molar-refractivity contribution in [1.29, 1.82) is 0 Å². The fourth-order valence-electron chi connectivity index (χ4n) is 1.66. The third-order valence-electron chi connectivity index (χ3n) is 2.81. The van der Waals surface area contributed by atoms with E-state index in [4.69, 9.17) is 5.73 Å². The molecule has 1 aromatic carbocycles. The standard InChI is InChI=1S/C12H16FNO2/c1-12(11(15)16,6-3-7-14)9-4-2-5-10(13)8-9/h2,4-5,8H,3,6-7,14H2,1H3,(H,15,16). The van der Waals surface area contributed by atoms with E-state index in [1.807, 2.05) is 0 Å². The minimum atomic E-state index is -1.07. The van der Waals surface area contributed by atoms with Gasteiger partial charge in [0, 0.05) is 0 Å². The number of aliphatic carboxylic acids is 1. The number of hydrogen-bond acceptors (Lipinski definition) is 2. The zero-order chi connectivity index (χ0) is 12.2. The average Bonchev–Trinajstić information content (AvgIpc) is 2.25. The third kappa shape index (κ3) is 2.58. The molecule has 0 aliphatic heterocycles. The highest BCUT2D eigenvalue weighted by Gasteiger charge is 2.34. The summed E-state index contributed by atoms with van der Waals surface area (Å²) in [6.07, 6.45) is 1.00. The van der Waals surface area contributed by atoms with E-state index in [2.05, 4.69) is 0 Å². The van der Waals surface area contributed by atoms with Crippen molar-refractivity contribution in [2.75, 3.05) is 6.54 Å². The zero-order valence-corrected chi connectivity index (χ0v) is 9.24. The minimum Gasteiger partial charge on any atom is -0.481 e. The molecule has 88 valence electrons. The van der Waals surface area contributed by atoms with Gasteiger partial charge < -0.3 is 10.8 Å². The summed E-state index contributed by atoms with van der Waals surface area (Å²) in [6.45, 7) is 2.03. The van der Waals surface area contributed by atoms with Crippen LogP contribution in [0, 0.1) is 5.82 Å². The van der Waals surface area contributed by atoms with Crippen LogP contribution in [0.3, 0.4) is 0 Å². The van der Waals surface area contributed by atoms with Gasteiger partial charge in [0.25, 0.3) is 0 Å². The molecule has 0 heterocycles. The Morgan fingerprint density at radius 1 is 1.56 bits per heavy atom. The Balaban J connectivity index is 3.06. The maximum absolute atomic E-state index is 13.1. The summed E-state index contributed by atoms with van der Waals surface area (Å²) in [5, 5.41) is 9.24. The second-order valence-corrected chi connectivity index (χ2v) is 4.04. The van der Waals surface area contributed by atoms with Gasteiger partial charge in [-0.3, -0.25) is 4.79 Å². The molecular weight excluding hydrogens is 209 g/mol. The normalized spacial score (nSPS) is 14.4. The molecule has 0 amide bonds. The monoisotopic (exact) mass is 225 g/mol. The van der Waals surface area contributed by atoms with Crippen LogP contribution in [0.25, 0.3) is 0 Å². The topological polar surface area (TPSA) is 63.3 Å². The molecule has 1 unspecified atom stereocenters. The molecule has 0 saturated carbocycles. The lowest BCUT2D eigenvalue weighted by Crippen LogP contribution is -2.33. The van der Waals surface area contributed by atoms with Crippen molar-refractivity contribution in [2.24, 2.45) is 5.73 Å². The van der Waals surface area contributed by atoms with E-state index in [1.54, 1.807) is 13.0 Å². The quantitative estimate of drug-likeness (QED) is 0.804. The maximum atomic E-state index is 13.1. The summed E-state index contributed by atoms with van der Waals surface area (Å²) in [7, 11) is 0. The molecule has 0 aromatic heterocycles. The molecule has 1 rings (SSSR count). The Labute approximate surface area is 94.1 Å². The fourth-order valence-corrected chi connectivity index (χ4v) is 1.66. The highest BCUT2D eigenvalue weighted by atomic mass is 19.1. The van der Waals surface area contributed by atoms with Crippen molar-refractivity contribution in [3.05, 3.63) is 35.6 Å². The van der Waals surface area contributed by atoms with Crippen LogP contribution in [0.5, 0.6) is 0 Å². The Hall–Kier alpha value is -1.42. The van der Waals surface area contributed by atoms with Gasteiger partial charge >= 0.3 is 5.97 Å². The van der Waals surface area contributed by atoms with Gasteiger partial charge in [-0.2, -0.15) is 0 Å². The van der Waals surface area contributed by atoms with E-state index in [0.29, 0.717) is 24.9 Å². The van der Waals surface area contributed by atoms with E-state index in [9.17, 15) is 14.3 Å². The van der Waals surface area contributed by atoms with Crippen LogP contribution >= 0.6 is 0 Å². The Bertz CT molecular complexity index is 381. The molecule has 0 saturated heterocycles. The van der Waals surface area contributed by atoms with Crippen LogP contribution in [0.15, 0.2) is 24.3 Å². The van der Waals surface area contributed by atoms with Crippen molar-refractivity contribution < 1.29 is 14.3 Å². The number of halogens is 1.